The molecule has 4 aromatic rings. The summed E-state index contributed by atoms with van der Waals surface area (Å²) in [5, 5.41) is 0. The zero-order chi connectivity index (χ0) is 47.8. The molecule has 378 valence electrons. The van der Waals surface area contributed by atoms with E-state index in [2.05, 4.69) is 124 Å². The summed E-state index contributed by atoms with van der Waals surface area (Å²) in [4.78, 5) is 0. The number of unbranched alkanes of at least 4 members (excludes halogenated alkanes) is 21. The highest BCUT2D eigenvalue weighted by Crippen LogP contribution is 2.30. The van der Waals surface area contributed by atoms with Gasteiger partial charge >= 0.3 is 0 Å². The first-order valence-corrected chi connectivity index (χ1v) is 29.7. The predicted molar refractivity (Wildman–Crippen MR) is 303 cm³/mol. The molecule has 0 heteroatoms. The van der Waals surface area contributed by atoms with Crippen molar-refractivity contribution in [2.45, 2.75) is 271 Å². The van der Waals surface area contributed by atoms with Crippen molar-refractivity contribution >= 4 is 0 Å². The van der Waals surface area contributed by atoms with E-state index in [1.165, 1.54) is 289 Å². The summed E-state index contributed by atoms with van der Waals surface area (Å²) in [5.41, 5.74) is 10.1. The molecule has 0 radical (unpaired) electrons. The Hall–Kier alpha value is -3.12. The van der Waals surface area contributed by atoms with Gasteiger partial charge in [0.2, 0.25) is 0 Å². The molecule has 2 saturated carbocycles. The molecule has 0 aromatic heterocycles. The Labute approximate surface area is 423 Å². The van der Waals surface area contributed by atoms with Gasteiger partial charge in [0.15, 0.2) is 0 Å². The van der Waals surface area contributed by atoms with Gasteiger partial charge in [-0.05, 0) is 106 Å². The van der Waals surface area contributed by atoms with E-state index in [0.29, 0.717) is 0 Å². The van der Waals surface area contributed by atoms with Gasteiger partial charge in [0, 0.05) is 0 Å². The van der Waals surface area contributed by atoms with Crippen LogP contribution in [0.1, 0.15) is 264 Å². The Morgan fingerprint density at radius 3 is 0.779 bits per heavy atom. The van der Waals surface area contributed by atoms with E-state index in [-0.39, 0.29) is 0 Å². The van der Waals surface area contributed by atoms with Crippen LogP contribution in [0, 0.1) is 32.6 Å². The van der Waals surface area contributed by atoms with Crippen molar-refractivity contribution in [1.82, 2.24) is 0 Å². The van der Waals surface area contributed by atoms with Crippen LogP contribution in [-0.2, 0) is 25.7 Å². The van der Waals surface area contributed by atoms with Crippen LogP contribution in [0.25, 0.3) is 0 Å². The van der Waals surface area contributed by atoms with E-state index in [0.717, 1.165) is 11.8 Å². The Kier molecular flexibility index (Phi) is 33.4. The summed E-state index contributed by atoms with van der Waals surface area (Å²) in [6.45, 7) is 6.49. The first-order valence-electron chi connectivity index (χ1n) is 29.7. The molecule has 0 bridgehead atoms. The number of hydrogen-bond donors (Lipinski definition) is 0. The fraction of sp³-hybridized carbons (Fsp3) is 0.647. The number of rotatable bonds is 33. The summed E-state index contributed by atoms with van der Waals surface area (Å²) < 4.78 is 0. The molecule has 0 atom stereocenters. The summed E-state index contributed by atoms with van der Waals surface area (Å²) in [7, 11) is 0. The van der Waals surface area contributed by atoms with Crippen molar-refractivity contribution in [2.75, 3.05) is 0 Å². The lowest BCUT2D eigenvalue weighted by atomic mass is 9.85. The minimum atomic E-state index is 1.09. The van der Waals surface area contributed by atoms with Crippen LogP contribution in [-0.4, -0.2) is 0 Å². The third kappa shape index (κ3) is 30.5. The van der Waals surface area contributed by atoms with Gasteiger partial charge in [-0.25, -0.2) is 0 Å². The van der Waals surface area contributed by atoms with Crippen molar-refractivity contribution < 1.29 is 0 Å². The van der Waals surface area contributed by atoms with Gasteiger partial charge in [-0.2, -0.15) is 0 Å². The van der Waals surface area contributed by atoms with E-state index in [1.807, 2.05) is 0 Å². The second-order valence-electron chi connectivity index (χ2n) is 22.2. The molecule has 0 spiro atoms. The lowest BCUT2D eigenvalue weighted by molar-refractivity contribution is 0.328. The molecule has 0 nitrogen and oxygen atoms in total. The molecule has 0 heterocycles. The minimum absolute atomic E-state index is 1.09. The number of benzene rings is 4. The second-order valence-corrected chi connectivity index (χ2v) is 22.2. The average molecular weight is 924 g/mol. The second kappa shape index (κ2) is 39.6. The molecule has 0 unspecified atom stereocenters. The maximum absolute atomic E-state index is 2.29. The van der Waals surface area contributed by atoms with Crippen LogP contribution < -0.4 is 0 Å². The van der Waals surface area contributed by atoms with E-state index in [4.69, 9.17) is 0 Å². The minimum Gasteiger partial charge on any atom is -0.0622 e. The summed E-state index contributed by atoms with van der Waals surface area (Å²) in [5.74, 6) is 2.19. The monoisotopic (exact) mass is 923 g/mol. The van der Waals surface area contributed by atoms with Gasteiger partial charge in [-0.3, -0.25) is 0 Å². The molecular formula is C68H106. The lowest BCUT2D eigenvalue weighted by Gasteiger charge is -2.21. The molecule has 2 aliphatic rings. The predicted octanol–water partition coefficient (Wildman–Crippen LogP) is 21.8. The van der Waals surface area contributed by atoms with Crippen molar-refractivity contribution in [2.24, 2.45) is 11.8 Å². The topological polar surface area (TPSA) is 0 Å². The summed E-state index contributed by atoms with van der Waals surface area (Å²) in [6, 6.07) is 38.0. The van der Waals surface area contributed by atoms with Crippen molar-refractivity contribution in [3.63, 3.8) is 0 Å². The highest BCUT2D eigenvalue weighted by molar-refractivity contribution is 5.23. The van der Waals surface area contributed by atoms with E-state index >= 15 is 0 Å². The fourth-order valence-electron chi connectivity index (χ4n) is 11.0. The van der Waals surface area contributed by atoms with Crippen LogP contribution in [0.3, 0.4) is 0 Å². The average Bonchev–Trinajstić information content (AvgIpc) is 3.90. The van der Waals surface area contributed by atoms with Gasteiger partial charge in [0.1, 0.15) is 0 Å². The van der Waals surface area contributed by atoms with Crippen LogP contribution in [0.15, 0.2) is 103 Å². The van der Waals surface area contributed by atoms with Crippen molar-refractivity contribution in [3.8, 4) is 0 Å². The first kappa shape index (κ1) is 57.5. The molecule has 0 amide bonds. The van der Waals surface area contributed by atoms with Gasteiger partial charge < -0.3 is 0 Å². The fourth-order valence-corrected chi connectivity index (χ4v) is 11.0. The smallest absolute Gasteiger partial charge is 0.0279 e. The maximum Gasteiger partial charge on any atom is -0.0279 e. The largest absolute Gasteiger partial charge is 0.0622 e. The quantitative estimate of drug-likeness (QED) is 0.0418. The standard InChI is InChI=1S/C23H38.C23H32.C22H36/c2*1-21-17-19-23(20-18-21)16-10-7-5-3-2-4-6-9-13-22-14-11-8-12-15-22;1-20-16-18-22(19-17-20)13-9-7-5-3-2-4-6-8-12-21-14-10-11-15-21/h17-20,22H,2-16H2,1H3;8,11-12,14-15,17-20H,2-7,9-10,13,16H2,1H3;16-19,21H,2-15H2,1H3. The van der Waals surface area contributed by atoms with Crippen LogP contribution >= 0.6 is 0 Å². The maximum atomic E-state index is 2.29. The molecule has 0 aliphatic heterocycles. The van der Waals surface area contributed by atoms with E-state index in [1.54, 1.807) is 0 Å². The summed E-state index contributed by atoms with van der Waals surface area (Å²) in [6.07, 6.45) is 56.0. The van der Waals surface area contributed by atoms with Gasteiger partial charge in [-0.1, -0.05) is 319 Å². The molecule has 6 rings (SSSR count). The molecule has 2 aliphatic carbocycles. The Morgan fingerprint density at radius 2 is 0.485 bits per heavy atom. The molecule has 0 N–H and O–H groups in total. The van der Waals surface area contributed by atoms with Crippen molar-refractivity contribution in [3.05, 3.63) is 142 Å². The van der Waals surface area contributed by atoms with Gasteiger partial charge in [-0.15, -0.1) is 0 Å². The molecule has 4 aromatic carbocycles. The number of hydrogen-bond acceptors (Lipinski definition) is 0. The Morgan fingerprint density at radius 1 is 0.250 bits per heavy atom. The van der Waals surface area contributed by atoms with Gasteiger partial charge in [0.05, 0.1) is 0 Å². The Balaban J connectivity index is 0.000000222. The highest BCUT2D eigenvalue weighted by atomic mass is 14.2. The lowest BCUT2D eigenvalue weighted by Crippen LogP contribution is -2.05. The molecule has 2 fully saturated rings. The van der Waals surface area contributed by atoms with Crippen LogP contribution in [0.4, 0.5) is 0 Å². The van der Waals surface area contributed by atoms with Crippen LogP contribution in [0.5, 0.6) is 0 Å². The normalized spacial score (nSPS) is 14.0. The van der Waals surface area contributed by atoms with Crippen LogP contribution in [0.2, 0.25) is 0 Å². The third-order valence-electron chi connectivity index (χ3n) is 15.7. The molecular weight excluding hydrogens is 817 g/mol. The SMILES string of the molecule is Cc1ccc(CCCCCCCCCCC2CCCC2)cc1.Cc1ccc(CCCCCCCCCCC2CCCCC2)cc1.Cc1ccc(CCCCCCCCCCc2ccccc2)cc1. The van der Waals surface area contributed by atoms with Crippen molar-refractivity contribution in [1.29, 1.82) is 0 Å². The molecule has 0 saturated heterocycles. The number of aryl methyl sites for hydroxylation is 7. The Bertz CT molecular complexity index is 1670. The first-order chi connectivity index (χ1) is 33.5. The zero-order valence-corrected chi connectivity index (χ0v) is 45.0. The van der Waals surface area contributed by atoms with Gasteiger partial charge in [0.25, 0.3) is 0 Å². The highest BCUT2D eigenvalue weighted by Gasteiger charge is 2.14. The van der Waals surface area contributed by atoms with E-state index < -0.39 is 0 Å². The van der Waals surface area contributed by atoms with E-state index in [9.17, 15) is 0 Å². The zero-order valence-electron chi connectivity index (χ0n) is 45.0. The summed E-state index contributed by atoms with van der Waals surface area (Å²) >= 11 is 0. The third-order valence-corrected chi connectivity index (χ3v) is 15.7. The molecule has 68 heavy (non-hydrogen) atoms.